The van der Waals surface area contributed by atoms with Crippen LogP contribution in [0, 0.1) is 5.92 Å². The van der Waals surface area contributed by atoms with Crippen LogP contribution in [0.3, 0.4) is 0 Å². The van der Waals surface area contributed by atoms with Gasteiger partial charge in [-0.3, -0.25) is 0 Å². The summed E-state index contributed by atoms with van der Waals surface area (Å²) in [6.45, 7) is 2.32. The van der Waals surface area contributed by atoms with Gasteiger partial charge in [0.15, 0.2) is 0 Å². The Morgan fingerprint density at radius 3 is 2.93 bits per heavy atom. The van der Waals surface area contributed by atoms with Crippen LogP contribution in [0.15, 0.2) is 12.3 Å². The molecular formula is C11H16ClN3. The van der Waals surface area contributed by atoms with Crippen LogP contribution in [-0.2, 0) is 6.42 Å². The average Bonchev–Trinajstić information content (AvgIpc) is 2.28. The van der Waals surface area contributed by atoms with Crippen molar-refractivity contribution in [1.29, 1.82) is 0 Å². The summed E-state index contributed by atoms with van der Waals surface area (Å²) >= 11 is 5.73. The maximum Gasteiger partial charge on any atom is 0.222 e. The minimum atomic E-state index is 0.359. The Hall–Kier alpha value is -0.670. The van der Waals surface area contributed by atoms with E-state index in [1.165, 1.54) is 19.3 Å². The van der Waals surface area contributed by atoms with Gasteiger partial charge in [-0.15, -0.1) is 0 Å². The van der Waals surface area contributed by atoms with Gasteiger partial charge in [0.1, 0.15) is 0 Å². The van der Waals surface area contributed by atoms with E-state index in [0.717, 1.165) is 31.1 Å². The fraction of sp³-hybridized carbons (Fsp3) is 0.636. The molecule has 1 aliphatic rings. The summed E-state index contributed by atoms with van der Waals surface area (Å²) in [5.74, 6) is 0.847. The van der Waals surface area contributed by atoms with Crippen LogP contribution in [0.2, 0.25) is 5.28 Å². The molecule has 0 aromatic carbocycles. The summed E-state index contributed by atoms with van der Waals surface area (Å²) in [6.07, 6.45) is 6.55. The Morgan fingerprint density at radius 2 is 2.20 bits per heavy atom. The van der Waals surface area contributed by atoms with Crippen molar-refractivity contribution in [3.05, 3.63) is 23.2 Å². The fourth-order valence-electron chi connectivity index (χ4n) is 2.03. The number of aryl methyl sites for hydroxylation is 1. The first-order valence-corrected chi connectivity index (χ1v) is 5.90. The molecule has 1 aromatic heterocycles. The van der Waals surface area contributed by atoms with E-state index >= 15 is 0 Å². The Bertz CT molecular complexity index is 310. The van der Waals surface area contributed by atoms with Crippen LogP contribution in [0.5, 0.6) is 0 Å². The zero-order valence-corrected chi connectivity index (χ0v) is 9.50. The van der Waals surface area contributed by atoms with Crippen LogP contribution in [0.1, 0.15) is 25.0 Å². The van der Waals surface area contributed by atoms with Crippen molar-refractivity contribution in [2.45, 2.75) is 25.7 Å². The van der Waals surface area contributed by atoms with Crippen molar-refractivity contribution >= 4 is 11.6 Å². The Labute approximate surface area is 95.3 Å². The third kappa shape index (κ3) is 3.43. The third-order valence-electron chi connectivity index (χ3n) is 2.95. The molecule has 0 amide bonds. The second kappa shape index (κ2) is 5.42. The largest absolute Gasteiger partial charge is 0.317 e. The number of hydrogen-bond acceptors (Lipinski definition) is 3. The highest BCUT2D eigenvalue weighted by Crippen LogP contribution is 2.18. The summed E-state index contributed by atoms with van der Waals surface area (Å²) in [5.41, 5.74) is 1.06. The zero-order valence-electron chi connectivity index (χ0n) is 8.75. The van der Waals surface area contributed by atoms with E-state index in [1.54, 1.807) is 6.20 Å². The summed E-state index contributed by atoms with van der Waals surface area (Å²) in [6, 6.07) is 1.95. The summed E-state index contributed by atoms with van der Waals surface area (Å²) in [7, 11) is 0. The quantitative estimate of drug-likeness (QED) is 0.801. The molecule has 0 bridgehead atoms. The Morgan fingerprint density at radius 1 is 1.40 bits per heavy atom. The minimum absolute atomic E-state index is 0.359. The second-order valence-corrected chi connectivity index (χ2v) is 4.39. The van der Waals surface area contributed by atoms with Crippen LogP contribution < -0.4 is 5.32 Å². The van der Waals surface area contributed by atoms with Crippen LogP contribution >= 0.6 is 11.6 Å². The molecule has 1 aromatic rings. The van der Waals surface area contributed by atoms with Crippen LogP contribution in [-0.4, -0.2) is 23.1 Å². The maximum atomic E-state index is 5.73. The molecule has 1 aliphatic heterocycles. The topological polar surface area (TPSA) is 37.8 Å². The summed E-state index contributed by atoms with van der Waals surface area (Å²) in [5, 5.41) is 3.73. The first-order chi connectivity index (χ1) is 7.34. The molecule has 1 fully saturated rings. The highest BCUT2D eigenvalue weighted by molar-refractivity contribution is 6.28. The molecule has 0 saturated carbocycles. The third-order valence-corrected chi connectivity index (χ3v) is 3.13. The van der Waals surface area contributed by atoms with Gasteiger partial charge < -0.3 is 5.32 Å². The number of hydrogen-bond donors (Lipinski definition) is 1. The maximum absolute atomic E-state index is 5.73. The fourth-order valence-corrected chi connectivity index (χ4v) is 2.20. The number of nitrogens with zero attached hydrogens (tertiary/aromatic N) is 2. The van der Waals surface area contributed by atoms with Gasteiger partial charge >= 0.3 is 0 Å². The molecule has 0 spiro atoms. The minimum Gasteiger partial charge on any atom is -0.317 e. The van der Waals surface area contributed by atoms with Gasteiger partial charge in [-0.2, -0.15) is 0 Å². The molecule has 1 N–H and O–H groups in total. The Kier molecular flexibility index (Phi) is 3.92. The second-order valence-electron chi connectivity index (χ2n) is 4.05. The lowest BCUT2D eigenvalue weighted by Crippen LogP contribution is -2.27. The van der Waals surface area contributed by atoms with E-state index in [2.05, 4.69) is 15.3 Å². The van der Waals surface area contributed by atoms with Crippen molar-refractivity contribution in [3.8, 4) is 0 Å². The highest BCUT2D eigenvalue weighted by atomic mass is 35.5. The van der Waals surface area contributed by atoms with Crippen molar-refractivity contribution in [2.75, 3.05) is 13.1 Å². The van der Waals surface area contributed by atoms with Crippen LogP contribution in [0.4, 0.5) is 0 Å². The molecule has 0 atom stereocenters. The lowest BCUT2D eigenvalue weighted by Gasteiger charge is -2.22. The van der Waals surface area contributed by atoms with Gasteiger partial charge in [-0.25, -0.2) is 9.97 Å². The molecule has 82 valence electrons. The SMILES string of the molecule is Clc1nccc(CCC2CCNCC2)n1. The number of rotatable bonds is 3. The van der Waals surface area contributed by atoms with Crippen LogP contribution in [0.25, 0.3) is 0 Å². The van der Waals surface area contributed by atoms with Gasteiger partial charge in [0.25, 0.3) is 0 Å². The monoisotopic (exact) mass is 225 g/mol. The normalized spacial score (nSPS) is 17.9. The van der Waals surface area contributed by atoms with Gasteiger partial charge in [0.05, 0.1) is 0 Å². The van der Waals surface area contributed by atoms with E-state index in [-0.39, 0.29) is 0 Å². The standard InChI is InChI=1S/C11H16ClN3/c12-11-14-8-5-10(15-11)2-1-9-3-6-13-7-4-9/h5,8-9,13H,1-4,6-7H2. The van der Waals surface area contributed by atoms with Gasteiger partial charge in [0, 0.05) is 11.9 Å². The number of nitrogens with one attached hydrogen (secondary N) is 1. The first kappa shape index (κ1) is 10.8. The van der Waals surface area contributed by atoms with E-state index in [1.807, 2.05) is 6.07 Å². The molecule has 1 saturated heterocycles. The molecule has 15 heavy (non-hydrogen) atoms. The number of piperidine rings is 1. The number of aromatic nitrogens is 2. The van der Waals surface area contributed by atoms with E-state index in [9.17, 15) is 0 Å². The zero-order chi connectivity index (χ0) is 10.5. The smallest absolute Gasteiger partial charge is 0.222 e. The van der Waals surface area contributed by atoms with Crippen molar-refractivity contribution in [3.63, 3.8) is 0 Å². The first-order valence-electron chi connectivity index (χ1n) is 5.53. The van der Waals surface area contributed by atoms with Gasteiger partial charge in [-0.05, 0) is 62.4 Å². The van der Waals surface area contributed by atoms with Crippen molar-refractivity contribution in [1.82, 2.24) is 15.3 Å². The summed E-state index contributed by atoms with van der Waals surface area (Å²) < 4.78 is 0. The van der Waals surface area contributed by atoms with Crippen molar-refractivity contribution < 1.29 is 0 Å². The average molecular weight is 226 g/mol. The molecule has 0 unspecified atom stereocenters. The molecule has 3 nitrogen and oxygen atoms in total. The predicted molar refractivity (Wildman–Crippen MR) is 61.0 cm³/mol. The highest BCUT2D eigenvalue weighted by Gasteiger charge is 2.12. The molecule has 0 aliphatic carbocycles. The molecule has 4 heteroatoms. The number of halogens is 1. The van der Waals surface area contributed by atoms with E-state index < -0.39 is 0 Å². The molecule has 2 heterocycles. The lowest BCUT2D eigenvalue weighted by molar-refractivity contribution is 0.353. The summed E-state index contributed by atoms with van der Waals surface area (Å²) in [4.78, 5) is 8.08. The van der Waals surface area contributed by atoms with Gasteiger partial charge in [-0.1, -0.05) is 0 Å². The van der Waals surface area contributed by atoms with Crippen molar-refractivity contribution in [2.24, 2.45) is 5.92 Å². The predicted octanol–water partition coefficient (Wildman–Crippen LogP) is 2.06. The van der Waals surface area contributed by atoms with E-state index in [0.29, 0.717) is 5.28 Å². The molecule has 2 rings (SSSR count). The van der Waals surface area contributed by atoms with Gasteiger partial charge in [0.2, 0.25) is 5.28 Å². The van der Waals surface area contributed by atoms with E-state index in [4.69, 9.17) is 11.6 Å². The molecule has 0 radical (unpaired) electrons. The Balaban J connectivity index is 1.81. The lowest BCUT2D eigenvalue weighted by atomic mass is 9.92. The molecular weight excluding hydrogens is 210 g/mol.